The Morgan fingerprint density at radius 1 is 1.13 bits per heavy atom. The fourth-order valence-corrected chi connectivity index (χ4v) is 2.64. The summed E-state index contributed by atoms with van der Waals surface area (Å²) in [5.41, 5.74) is 3.59. The lowest BCUT2D eigenvalue weighted by atomic mass is 10.1. The van der Waals surface area contributed by atoms with Gasteiger partial charge in [0.2, 0.25) is 11.8 Å². The lowest BCUT2D eigenvalue weighted by molar-refractivity contribution is -0.120. The Balaban J connectivity index is 2.16. The topological polar surface area (TPSA) is 49.4 Å². The molecule has 2 amide bonds. The maximum Gasteiger partial charge on any atom is 0.244 e. The summed E-state index contributed by atoms with van der Waals surface area (Å²) in [5.74, 6) is -0.409. The van der Waals surface area contributed by atoms with Crippen molar-refractivity contribution in [3.8, 4) is 0 Å². The number of hydrogen-bond acceptors (Lipinski definition) is 2. The van der Waals surface area contributed by atoms with Crippen molar-refractivity contribution >= 4 is 39.1 Å². The van der Waals surface area contributed by atoms with Crippen molar-refractivity contribution in [2.75, 3.05) is 16.8 Å². The highest BCUT2D eigenvalue weighted by Crippen LogP contribution is 2.21. The minimum Gasteiger partial charge on any atom is -0.324 e. The van der Waals surface area contributed by atoms with Crippen LogP contribution >= 0.6 is 15.9 Å². The monoisotopic (exact) mass is 374 g/mol. The molecule has 5 heteroatoms. The number of nitrogens with zero attached hydrogens (tertiary/aromatic N) is 1. The molecule has 23 heavy (non-hydrogen) atoms. The zero-order chi connectivity index (χ0) is 17.0. The van der Waals surface area contributed by atoms with Gasteiger partial charge < -0.3 is 10.2 Å². The molecule has 2 rings (SSSR count). The Hall–Kier alpha value is -2.14. The predicted octanol–water partition coefficient (Wildman–Crippen LogP) is 4.06. The maximum absolute atomic E-state index is 12.3. The third-order valence-corrected chi connectivity index (χ3v) is 4.17. The summed E-state index contributed by atoms with van der Waals surface area (Å²) in [4.78, 5) is 25.7. The van der Waals surface area contributed by atoms with Crippen LogP contribution in [0.1, 0.15) is 18.1 Å². The van der Waals surface area contributed by atoms with Crippen molar-refractivity contribution in [3.63, 3.8) is 0 Å². The van der Waals surface area contributed by atoms with Gasteiger partial charge in [-0.1, -0.05) is 34.1 Å². The second-order valence-corrected chi connectivity index (χ2v) is 6.30. The average Bonchev–Trinajstić information content (AvgIpc) is 2.49. The first-order valence-electron chi connectivity index (χ1n) is 7.28. The Morgan fingerprint density at radius 3 is 2.48 bits per heavy atom. The number of carbonyl (C=O) groups is 2. The minimum absolute atomic E-state index is 0.0286. The molecular formula is C18H19BrN2O2. The number of hydrogen-bond donors (Lipinski definition) is 1. The Kier molecular flexibility index (Phi) is 5.55. The van der Waals surface area contributed by atoms with Crippen LogP contribution in [0.15, 0.2) is 46.9 Å². The number of nitrogens with one attached hydrogen (secondary N) is 1. The highest BCUT2D eigenvalue weighted by molar-refractivity contribution is 9.10. The van der Waals surface area contributed by atoms with Crippen LogP contribution in [0.5, 0.6) is 0 Å². The van der Waals surface area contributed by atoms with Gasteiger partial charge in [-0.3, -0.25) is 9.59 Å². The first kappa shape index (κ1) is 17.2. The molecule has 2 aromatic rings. The molecule has 0 saturated heterocycles. The Bertz CT molecular complexity index is 744. The van der Waals surface area contributed by atoms with E-state index in [0.29, 0.717) is 5.69 Å². The fourth-order valence-electron chi connectivity index (χ4n) is 2.25. The molecule has 0 aromatic heterocycles. The summed E-state index contributed by atoms with van der Waals surface area (Å²) >= 11 is 3.38. The lowest BCUT2D eigenvalue weighted by Gasteiger charge is -2.21. The van der Waals surface area contributed by atoms with Gasteiger partial charge in [0.15, 0.2) is 0 Å². The second kappa shape index (κ2) is 7.42. The van der Waals surface area contributed by atoms with E-state index in [1.807, 2.05) is 50.2 Å². The van der Waals surface area contributed by atoms with Crippen LogP contribution < -0.4 is 10.2 Å². The van der Waals surface area contributed by atoms with Crippen LogP contribution in [0, 0.1) is 13.8 Å². The van der Waals surface area contributed by atoms with Gasteiger partial charge in [-0.15, -0.1) is 0 Å². The smallest absolute Gasteiger partial charge is 0.244 e. The fraction of sp³-hybridized carbons (Fsp3) is 0.222. The number of carbonyl (C=O) groups excluding carboxylic acids is 2. The van der Waals surface area contributed by atoms with Gasteiger partial charge in [-0.2, -0.15) is 0 Å². The van der Waals surface area contributed by atoms with Crippen molar-refractivity contribution in [2.24, 2.45) is 0 Å². The summed E-state index contributed by atoms with van der Waals surface area (Å²) in [6.45, 7) is 5.38. The van der Waals surface area contributed by atoms with Gasteiger partial charge in [0.05, 0.1) is 0 Å². The number of rotatable bonds is 4. The highest BCUT2D eigenvalue weighted by atomic mass is 79.9. The molecule has 0 unspecified atom stereocenters. The van der Waals surface area contributed by atoms with Gasteiger partial charge in [0.1, 0.15) is 6.54 Å². The zero-order valence-electron chi connectivity index (χ0n) is 13.4. The first-order chi connectivity index (χ1) is 10.9. The molecule has 0 bridgehead atoms. The third kappa shape index (κ3) is 4.42. The molecule has 0 heterocycles. The molecule has 0 saturated carbocycles. The summed E-state index contributed by atoms with van der Waals surface area (Å²) in [7, 11) is 0. The van der Waals surface area contributed by atoms with E-state index in [2.05, 4.69) is 21.2 Å². The minimum atomic E-state index is -0.228. The van der Waals surface area contributed by atoms with Crippen LogP contribution in [-0.4, -0.2) is 18.4 Å². The predicted molar refractivity (Wildman–Crippen MR) is 96.7 cm³/mol. The van der Waals surface area contributed by atoms with Gasteiger partial charge in [0, 0.05) is 22.8 Å². The van der Waals surface area contributed by atoms with E-state index in [4.69, 9.17) is 0 Å². The number of halogens is 1. The van der Waals surface area contributed by atoms with Crippen molar-refractivity contribution in [1.29, 1.82) is 0 Å². The molecule has 2 aromatic carbocycles. The molecular weight excluding hydrogens is 356 g/mol. The number of aryl methyl sites for hydroxylation is 1. The molecule has 0 aliphatic carbocycles. The molecule has 0 fully saturated rings. The number of benzene rings is 2. The quantitative estimate of drug-likeness (QED) is 0.876. The van der Waals surface area contributed by atoms with Crippen LogP contribution in [0.4, 0.5) is 11.4 Å². The molecule has 0 aliphatic heterocycles. The third-order valence-electron chi connectivity index (χ3n) is 3.68. The number of amides is 2. The van der Waals surface area contributed by atoms with Crippen LogP contribution in [0.2, 0.25) is 0 Å². The van der Waals surface area contributed by atoms with Crippen molar-refractivity contribution in [1.82, 2.24) is 0 Å². The van der Waals surface area contributed by atoms with E-state index in [9.17, 15) is 9.59 Å². The highest BCUT2D eigenvalue weighted by Gasteiger charge is 2.16. The van der Waals surface area contributed by atoms with Crippen molar-refractivity contribution < 1.29 is 9.59 Å². The van der Waals surface area contributed by atoms with Crippen LogP contribution in [-0.2, 0) is 9.59 Å². The van der Waals surface area contributed by atoms with Gasteiger partial charge in [-0.25, -0.2) is 0 Å². The first-order valence-corrected chi connectivity index (χ1v) is 8.07. The van der Waals surface area contributed by atoms with Gasteiger partial charge in [-0.05, 0) is 49.2 Å². The van der Waals surface area contributed by atoms with E-state index in [0.717, 1.165) is 21.3 Å². The molecule has 0 aliphatic rings. The summed E-state index contributed by atoms with van der Waals surface area (Å²) < 4.78 is 0.858. The van der Waals surface area contributed by atoms with Crippen LogP contribution in [0.3, 0.4) is 0 Å². The van der Waals surface area contributed by atoms with E-state index in [1.54, 1.807) is 6.07 Å². The second-order valence-electron chi connectivity index (χ2n) is 5.38. The maximum atomic E-state index is 12.3. The molecule has 120 valence electrons. The van der Waals surface area contributed by atoms with E-state index >= 15 is 0 Å². The molecule has 0 spiro atoms. The number of anilines is 2. The largest absolute Gasteiger partial charge is 0.324 e. The standard InChI is InChI=1S/C18H19BrN2O2/c1-12-6-4-9-17(13(12)2)20-18(23)11-21(14(3)22)16-8-5-7-15(19)10-16/h4-10H,11H2,1-3H3,(H,20,23). The molecule has 4 nitrogen and oxygen atoms in total. The summed E-state index contributed by atoms with van der Waals surface area (Å²) in [6, 6.07) is 13.1. The molecule has 0 atom stereocenters. The average molecular weight is 375 g/mol. The van der Waals surface area contributed by atoms with Crippen LogP contribution in [0.25, 0.3) is 0 Å². The SMILES string of the molecule is CC(=O)N(CC(=O)Nc1cccc(C)c1C)c1cccc(Br)c1. The van der Waals surface area contributed by atoms with Gasteiger partial charge in [0.25, 0.3) is 0 Å². The Morgan fingerprint density at radius 2 is 1.83 bits per heavy atom. The van der Waals surface area contributed by atoms with Crippen molar-refractivity contribution in [3.05, 3.63) is 58.1 Å². The van der Waals surface area contributed by atoms with E-state index in [1.165, 1.54) is 11.8 Å². The van der Waals surface area contributed by atoms with Gasteiger partial charge >= 0.3 is 0 Å². The Labute approximate surface area is 144 Å². The normalized spacial score (nSPS) is 10.3. The zero-order valence-corrected chi connectivity index (χ0v) is 15.0. The van der Waals surface area contributed by atoms with E-state index in [-0.39, 0.29) is 18.4 Å². The summed E-state index contributed by atoms with van der Waals surface area (Å²) in [5, 5.41) is 2.88. The van der Waals surface area contributed by atoms with Crippen molar-refractivity contribution in [2.45, 2.75) is 20.8 Å². The summed E-state index contributed by atoms with van der Waals surface area (Å²) in [6.07, 6.45) is 0. The lowest BCUT2D eigenvalue weighted by Crippen LogP contribution is -2.36. The molecule has 1 N–H and O–H groups in total. The van der Waals surface area contributed by atoms with E-state index < -0.39 is 0 Å². The molecule has 0 radical (unpaired) electrons.